The molecule has 1 aromatic rings. The van der Waals surface area contributed by atoms with Gasteiger partial charge in [0.1, 0.15) is 0 Å². The molecule has 1 aliphatic carbocycles. The van der Waals surface area contributed by atoms with Gasteiger partial charge in [-0.2, -0.15) is 0 Å². The Morgan fingerprint density at radius 2 is 1.89 bits per heavy atom. The van der Waals surface area contributed by atoms with E-state index in [0.29, 0.717) is 10.6 Å². The minimum absolute atomic E-state index is 0.211. The van der Waals surface area contributed by atoms with E-state index < -0.39 is 10.0 Å². The molecule has 3 N–H and O–H groups in total. The number of benzene rings is 1. The smallest absolute Gasteiger partial charge is 0.241 e. The van der Waals surface area contributed by atoms with Crippen molar-refractivity contribution in [3.8, 4) is 0 Å². The normalized spacial score (nSPS) is 18.7. The molecule has 6 heteroatoms. The highest BCUT2D eigenvalue weighted by atomic mass is 35.5. The van der Waals surface area contributed by atoms with Crippen LogP contribution < -0.4 is 10.5 Å². The number of nitrogens with one attached hydrogen (secondary N) is 1. The lowest BCUT2D eigenvalue weighted by Crippen LogP contribution is -2.43. The van der Waals surface area contributed by atoms with Gasteiger partial charge in [0, 0.05) is 5.54 Å². The second kappa shape index (κ2) is 4.96. The molecule has 0 amide bonds. The Kier molecular flexibility index (Phi) is 3.82. The van der Waals surface area contributed by atoms with Crippen LogP contribution in [0.4, 0.5) is 5.69 Å². The van der Waals surface area contributed by atoms with Gasteiger partial charge in [0.2, 0.25) is 10.0 Å². The van der Waals surface area contributed by atoms with Crippen molar-refractivity contribution in [1.82, 2.24) is 4.72 Å². The average molecular weight is 303 g/mol. The summed E-state index contributed by atoms with van der Waals surface area (Å²) < 4.78 is 27.7. The third-order valence-electron chi connectivity index (χ3n) is 3.67. The minimum atomic E-state index is -3.56. The van der Waals surface area contributed by atoms with E-state index in [4.69, 9.17) is 17.3 Å². The minimum Gasteiger partial charge on any atom is -0.397 e. The molecule has 0 radical (unpaired) electrons. The maximum Gasteiger partial charge on any atom is 0.241 e. The number of nitrogen functional groups attached to an aromatic ring is 1. The van der Waals surface area contributed by atoms with E-state index in [1.54, 1.807) is 13.0 Å². The Morgan fingerprint density at radius 3 is 2.47 bits per heavy atom. The fraction of sp³-hybridized carbons (Fsp3) is 0.538. The van der Waals surface area contributed by atoms with Crippen LogP contribution in [0.3, 0.4) is 0 Å². The first-order valence-electron chi connectivity index (χ1n) is 6.33. The molecule has 19 heavy (non-hydrogen) atoms. The van der Waals surface area contributed by atoms with Crippen molar-refractivity contribution in [1.29, 1.82) is 0 Å². The van der Waals surface area contributed by atoms with Crippen LogP contribution >= 0.6 is 11.6 Å². The molecule has 1 aliphatic rings. The van der Waals surface area contributed by atoms with Crippen molar-refractivity contribution < 1.29 is 8.42 Å². The van der Waals surface area contributed by atoms with Crippen molar-refractivity contribution in [3.05, 3.63) is 22.7 Å². The molecule has 0 aromatic heterocycles. The van der Waals surface area contributed by atoms with Gasteiger partial charge in [-0.25, -0.2) is 13.1 Å². The van der Waals surface area contributed by atoms with E-state index >= 15 is 0 Å². The first-order chi connectivity index (χ1) is 8.73. The Balaban J connectivity index is 2.37. The second-order valence-corrected chi connectivity index (χ2v) is 7.57. The van der Waals surface area contributed by atoms with E-state index in [2.05, 4.69) is 4.72 Å². The lowest BCUT2D eigenvalue weighted by molar-refractivity contribution is 0.427. The Hall–Kier alpha value is -0.780. The molecule has 2 rings (SSSR count). The van der Waals surface area contributed by atoms with Crippen LogP contribution in [0.2, 0.25) is 5.02 Å². The van der Waals surface area contributed by atoms with Crippen molar-refractivity contribution in [3.63, 3.8) is 0 Å². The molecule has 0 atom stereocenters. The zero-order chi connectivity index (χ0) is 14.3. The van der Waals surface area contributed by atoms with Gasteiger partial charge in [0.15, 0.2) is 0 Å². The van der Waals surface area contributed by atoms with E-state index in [1.165, 1.54) is 6.07 Å². The zero-order valence-electron chi connectivity index (χ0n) is 11.2. The number of hydrogen-bond acceptors (Lipinski definition) is 3. The van der Waals surface area contributed by atoms with Crippen LogP contribution in [0, 0.1) is 6.92 Å². The highest BCUT2D eigenvalue weighted by molar-refractivity contribution is 7.89. The van der Waals surface area contributed by atoms with Crippen LogP contribution in [0.5, 0.6) is 0 Å². The quantitative estimate of drug-likeness (QED) is 0.843. The molecule has 0 spiro atoms. The summed E-state index contributed by atoms with van der Waals surface area (Å²) in [5, 5.41) is 0.378. The summed E-state index contributed by atoms with van der Waals surface area (Å²) in [7, 11) is -3.56. The van der Waals surface area contributed by atoms with Gasteiger partial charge in [-0.15, -0.1) is 0 Å². The van der Waals surface area contributed by atoms with E-state index in [1.807, 2.05) is 6.92 Å². The molecular weight excluding hydrogens is 284 g/mol. The number of hydrogen-bond donors (Lipinski definition) is 2. The lowest BCUT2D eigenvalue weighted by atomic mass is 10.0. The number of aryl methyl sites for hydroxylation is 1. The number of rotatable bonds is 3. The first-order valence-corrected chi connectivity index (χ1v) is 8.19. The van der Waals surface area contributed by atoms with Gasteiger partial charge < -0.3 is 5.73 Å². The number of nitrogens with two attached hydrogens (primary N) is 1. The summed E-state index contributed by atoms with van der Waals surface area (Å²) in [5.41, 5.74) is 6.24. The second-order valence-electron chi connectivity index (χ2n) is 5.51. The monoisotopic (exact) mass is 302 g/mol. The van der Waals surface area contributed by atoms with Crippen molar-refractivity contribution >= 4 is 27.3 Å². The molecule has 106 valence electrons. The summed E-state index contributed by atoms with van der Waals surface area (Å²) in [6, 6.07) is 3.01. The molecule has 0 bridgehead atoms. The van der Waals surface area contributed by atoms with Gasteiger partial charge in [-0.05, 0) is 44.4 Å². The van der Waals surface area contributed by atoms with Gasteiger partial charge in [-0.3, -0.25) is 0 Å². The van der Waals surface area contributed by atoms with E-state index in [-0.39, 0.29) is 16.1 Å². The third-order valence-corrected chi connectivity index (χ3v) is 5.78. The summed E-state index contributed by atoms with van der Waals surface area (Å²) >= 11 is 5.89. The highest BCUT2D eigenvalue weighted by Crippen LogP contribution is 2.32. The predicted molar refractivity (Wildman–Crippen MR) is 77.8 cm³/mol. The first kappa shape index (κ1) is 14.6. The van der Waals surface area contributed by atoms with Gasteiger partial charge >= 0.3 is 0 Å². The van der Waals surface area contributed by atoms with Crippen LogP contribution in [0.15, 0.2) is 17.0 Å². The summed E-state index contributed by atoms with van der Waals surface area (Å²) in [6.45, 7) is 3.67. The number of halogens is 1. The fourth-order valence-corrected chi connectivity index (χ4v) is 4.54. The Morgan fingerprint density at radius 1 is 1.32 bits per heavy atom. The molecule has 0 unspecified atom stereocenters. The van der Waals surface area contributed by atoms with Crippen molar-refractivity contribution in [2.45, 2.75) is 50.0 Å². The molecule has 4 nitrogen and oxygen atoms in total. The maximum absolute atomic E-state index is 12.5. The molecule has 0 aliphatic heterocycles. The Bertz CT molecular complexity index is 593. The predicted octanol–water partition coefficient (Wildman–Crippen LogP) is 2.84. The van der Waals surface area contributed by atoms with Crippen LogP contribution in [0.1, 0.15) is 38.2 Å². The number of anilines is 1. The van der Waals surface area contributed by atoms with Crippen molar-refractivity contribution in [2.75, 3.05) is 5.73 Å². The number of sulfonamides is 1. The molecule has 1 aromatic carbocycles. The Labute approximate surface area is 119 Å². The zero-order valence-corrected chi connectivity index (χ0v) is 12.7. The van der Waals surface area contributed by atoms with Crippen LogP contribution in [-0.2, 0) is 10.0 Å². The molecule has 1 saturated carbocycles. The van der Waals surface area contributed by atoms with Crippen molar-refractivity contribution in [2.24, 2.45) is 0 Å². The van der Waals surface area contributed by atoms with E-state index in [0.717, 1.165) is 25.7 Å². The van der Waals surface area contributed by atoms with Gasteiger partial charge in [-0.1, -0.05) is 24.4 Å². The summed E-state index contributed by atoms with van der Waals surface area (Å²) in [5.74, 6) is 0. The summed E-state index contributed by atoms with van der Waals surface area (Å²) in [4.78, 5) is 0.211. The van der Waals surface area contributed by atoms with Gasteiger partial charge in [0.25, 0.3) is 0 Å². The SMILES string of the molecule is Cc1cc(Cl)c(N)cc1S(=O)(=O)NC1(C)CCCC1. The maximum atomic E-state index is 12.5. The molecule has 1 fully saturated rings. The lowest BCUT2D eigenvalue weighted by Gasteiger charge is -2.25. The van der Waals surface area contributed by atoms with E-state index in [9.17, 15) is 8.42 Å². The highest BCUT2D eigenvalue weighted by Gasteiger charge is 2.34. The van der Waals surface area contributed by atoms with Gasteiger partial charge in [0.05, 0.1) is 15.6 Å². The largest absolute Gasteiger partial charge is 0.397 e. The standard InChI is InChI=1S/C13H19ClN2O2S/c1-9-7-10(14)11(15)8-12(9)19(17,18)16-13(2)5-3-4-6-13/h7-8,16H,3-6,15H2,1-2H3. The van der Waals surface area contributed by atoms with Crippen LogP contribution in [-0.4, -0.2) is 14.0 Å². The average Bonchev–Trinajstić information content (AvgIpc) is 2.68. The molecule has 0 saturated heterocycles. The van der Waals surface area contributed by atoms with Crippen LogP contribution in [0.25, 0.3) is 0 Å². The molecule has 0 heterocycles. The topological polar surface area (TPSA) is 72.2 Å². The summed E-state index contributed by atoms with van der Waals surface area (Å²) in [6.07, 6.45) is 3.85. The molecular formula is C13H19ClN2O2S. The third kappa shape index (κ3) is 3.04. The fourth-order valence-electron chi connectivity index (χ4n) is 2.59.